The molecule has 3 aromatic heterocycles. The molecule has 9 heteroatoms. The molecule has 6 nitrogen and oxygen atoms in total. The molecule has 0 aliphatic rings. The number of amides is 2. The summed E-state index contributed by atoms with van der Waals surface area (Å²) in [4.78, 5) is 30.9. The second-order valence-electron chi connectivity index (χ2n) is 6.93. The molecule has 1 aromatic carbocycles. The number of anilines is 2. The largest absolute Gasteiger partial charge is 0.397 e. The van der Waals surface area contributed by atoms with Gasteiger partial charge in [-0.05, 0) is 36.2 Å². The van der Waals surface area contributed by atoms with Crippen molar-refractivity contribution in [3.8, 4) is 11.1 Å². The summed E-state index contributed by atoms with van der Waals surface area (Å²) in [5, 5.41) is 5.79. The number of halogens is 1. The van der Waals surface area contributed by atoms with Gasteiger partial charge in [0.2, 0.25) is 0 Å². The van der Waals surface area contributed by atoms with Gasteiger partial charge >= 0.3 is 0 Å². The van der Waals surface area contributed by atoms with Crippen LogP contribution in [0.3, 0.4) is 0 Å². The first-order chi connectivity index (χ1) is 14.9. The van der Waals surface area contributed by atoms with Crippen molar-refractivity contribution in [2.75, 3.05) is 11.1 Å². The summed E-state index contributed by atoms with van der Waals surface area (Å²) >= 11 is 5.90. The van der Waals surface area contributed by atoms with Gasteiger partial charge in [-0.15, -0.1) is 22.7 Å². The van der Waals surface area contributed by atoms with E-state index in [1.165, 1.54) is 22.7 Å². The lowest BCUT2D eigenvalue weighted by molar-refractivity contribution is 0.100. The number of nitrogen functional groups attached to an aromatic ring is 1. The fourth-order valence-corrected chi connectivity index (χ4v) is 5.54. The molecule has 158 valence electrons. The lowest BCUT2D eigenvalue weighted by Gasteiger charge is -2.06. The van der Waals surface area contributed by atoms with Crippen LogP contribution in [0.4, 0.5) is 10.7 Å². The zero-order valence-electron chi connectivity index (χ0n) is 16.6. The number of fused-ring (bicyclic) bond motifs is 1. The summed E-state index contributed by atoms with van der Waals surface area (Å²) in [6, 6.07) is 11.4. The molecule has 0 aliphatic heterocycles. The van der Waals surface area contributed by atoms with E-state index in [0.29, 0.717) is 21.1 Å². The third-order valence-corrected chi connectivity index (χ3v) is 7.32. The molecule has 0 radical (unpaired) electrons. The quantitative estimate of drug-likeness (QED) is 0.307. The highest BCUT2D eigenvalue weighted by Gasteiger charge is 2.23. The Kier molecular flexibility index (Phi) is 6.08. The van der Waals surface area contributed by atoms with Crippen molar-refractivity contribution in [1.82, 2.24) is 4.98 Å². The Morgan fingerprint density at radius 3 is 2.58 bits per heavy atom. The summed E-state index contributed by atoms with van der Waals surface area (Å²) in [5.41, 5.74) is 15.0. The molecule has 0 bridgehead atoms. The van der Waals surface area contributed by atoms with Crippen LogP contribution >= 0.6 is 38.6 Å². The van der Waals surface area contributed by atoms with E-state index in [1.807, 2.05) is 41.8 Å². The van der Waals surface area contributed by atoms with Gasteiger partial charge in [-0.25, -0.2) is 4.98 Å². The van der Waals surface area contributed by atoms with Crippen LogP contribution in [0.5, 0.6) is 0 Å². The van der Waals surface area contributed by atoms with Gasteiger partial charge < -0.3 is 16.8 Å². The van der Waals surface area contributed by atoms with Crippen LogP contribution in [0.25, 0.3) is 21.3 Å². The Hall–Kier alpha value is -2.75. The standard InChI is InChI=1S/C22H19BrN4O2S2/c1-2-3-13-8-9-14-17(24)18(31-21(14)26-13)20(29)27-22-16(19(25)28)15(10-30-22)11-4-6-12(23)7-5-11/h4-10H,2-3,24H2,1H3,(H2,25,28)(H,27,29). The average Bonchev–Trinajstić information content (AvgIpc) is 3.30. The number of nitrogens with two attached hydrogens (primary N) is 2. The number of aromatic nitrogens is 1. The first-order valence-corrected chi connectivity index (χ1v) is 12.0. The Morgan fingerprint density at radius 1 is 1.16 bits per heavy atom. The first kappa shape index (κ1) is 21.5. The number of rotatable bonds is 6. The van der Waals surface area contributed by atoms with E-state index in [9.17, 15) is 9.59 Å². The number of hydrogen-bond acceptors (Lipinski definition) is 6. The molecule has 0 saturated heterocycles. The molecule has 0 aliphatic carbocycles. The molecule has 0 spiro atoms. The SMILES string of the molecule is CCCc1ccc2c(N)c(C(=O)Nc3scc(-c4ccc(Br)cc4)c3C(N)=O)sc2n1. The van der Waals surface area contributed by atoms with Crippen LogP contribution in [0, 0.1) is 0 Å². The van der Waals surface area contributed by atoms with Crippen LogP contribution in [0.1, 0.15) is 39.1 Å². The van der Waals surface area contributed by atoms with Crippen molar-refractivity contribution in [1.29, 1.82) is 0 Å². The van der Waals surface area contributed by atoms with Crippen LogP contribution in [-0.2, 0) is 6.42 Å². The van der Waals surface area contributed by atoms with Crippen LogP contribution in [0.2, 0.25) is 0 Å². The Balaban J connectivity index is 1.68. The molecule has 0 fully saturated rings. The number of hydrogen-bond donors (Lipinski definition) is 3. The highest BCUT2D eigenvalue weighted by Crippen LogP contribution is 2.38. The minimum absolute atomic E-state index is 0.281. The monoisotopic (exact) mass is 514 g/mol. The van der Waals surface area contributed by atoms with E-state index in [-0.39, 0.29) is 11.5 Å². The van der Waals surface area contributed by atoms with E-state index in [0.717, 1.165) is 38.8 Å². The number of carbonyl (C=O) groups excluding carboxylic acids is 2. The Bertz CT molecular complexity index is 1300. The molecule has 0 atom stereocenters. The molecule has 4 aromatic rings. The van der Waals surface area contributed by atoms with Gasteiger partial charge in [0.15, 0.2) is 0 Å². The normalized spacial score (nSPS) is 11.0. The third-order valence-electron chi connectivity index (χ3n) is 4.78. The first-order valence-electron chi connectivity index (χ1n) is 9.55. The summed E-state index contributed by atoms with van der Waals surface area (Å²) in [5.74, 6) is -0.992. The summed E-state index contributed by atoms with van der Waals surface area (Å²) in [7, 11) is 0. The second-order valence-corrected chi connectivity index (χ2v) is 9.72. The summed E-state index contributed by atoms with van der Waals surface area (Å²) < 4.78 is 0.927. The smallest absolute Gasteiger partial charge is 0.268 e. The van der Waals surface area contributed by atoms with Crippen molar-refractivity contribution in [3.05, 3.63) is 62.4 Å². The van der Waals surface area contributed by atoms with Gasteiger partial charge in [-0.1, -0.05) is 41.4 Å². The topological polar surface area (TPSA) is 111 Å². The van der Waals surface area contributed by atoms with Crippen LogP contribution in [-0.4, -0.2) is 16.8 Å². The van der Waals surface area contributed by atoms with Gasteiger partial charge in [-0.3, -0.25) is 9.59 Å². The Labute approximate surface area is 195 Å². The maximum absolute atomic E-state index is 13.0. The van der Waals surface area contributed by atoms with E-state index >= 15 is 0 Å². The Morgan fingerprint density at radius 2 is 1.90 bits per heavy atom. The van der Waals surface area contributed by atoms with E-state index in [4.69, 9.17) is 11.5 Å². The maximum atomic E-state index is 13.0. The molecular formula is C22H19BrN4O2S2. The molecule has 2 amide bonds. The number of benzene rings is 1. The van der Waals surface area contributed by atoms with Crippen LogP contribution in [0.15, 0.2) is 46.3 Å². The number of carbonyl (C=O) groups is 2. The highest BCUT2D eigenvalue weighted by atomic mass is 79.9. The fourth-order valence-electron chi connectivity index (χ4n) is 3.30. The molecule has 0 unspecified atom stereocenters. The highest BCUT2D eigenvalue weighted by molar-refractivity contribution is 9.10. The lowest BCUT2D eigenvalue weighted by atomic mass is 10.0. The number of pyridine rings is 1. The van der Waals surface area contributed by atoms with Gasteiger partial charge in [0.1, 0.15) is 14.7 Å². The number of aryl methyl sites for hydroxylation is 1. The third kappa shape index (κ3) is 4.21. The molecule has 31 heavy (non-hydrogen) atoms. The van der Waals surface area contributed by atoms with E-state index in [1.54, 1.807) is 0 Å². The molecule has 4 rings (SSSR count). The van der Waals surface area contributed by atoms with Crippen molar-refractivity contribution in [2.24, 2.45) is 5.73 Å². The van der Waals surface area contributed by atoms with E-state index < -0.39 is 5.91 Å². The maximum Gasteiger partial charge on any atom is 0.268 e. The predicted molar refractivity (Wildman–Crippen MR) is 132 cm³/mol. The van der Waals surface area contributed by atoms with Gasteiger partial charge in [0.05, 0.1) is 11.3 Å². The zero-order chi connectivity index (χ0) is 22.1. The molecule has 5 N–H and O–H groups in total. The average molecular weight is 515 g/mol. The van der Waals surface area contributed by atoms with Gasteiger partial charge in [0, 0.05) is 26.5 Å². The second kappa shape index (κ2) is 8.78. The fraction of sp³-hybridized carbons (Fsp3) is 0.136. The minimum Gasteiger partial charge on any atom is -0.397 e. The summed E-state index contributed by atoms with van der Waals surface area (Å²) in [6.45, 7) is 2.09. The van der Waals surface area contributed by atoms with Crippen LogP contribution < -0.4 is 16.8 Å². The van der Waals surface area contributed by atoms with Crippen molar-refractivity contribution in [3.63, 3.8) is 0 Å². The lowest BCUT2D eigenvalue weighted by Crippen LogP contribution is -2.17. The van der Waals surface area contributed by atoms with E-state index in [2.05, 4.69) is 33.2 Å². The zero-order valence-corrected chi connectivity index (χ0v) is 19.8. The number of primary amides is 1. The van der Waals surface area contributed by atoms with Gasteiger partial charge in [-0.2, -0.15) is 0 Å². The molecule has 3 heterocycles. The van der Waals surface area contributed by atoms with Crippen molar-refractivity contribution >= 4 is 71.3 Å². The number of nitrogens with one attached hydrogen (secondary N) is 1. The molecular weight excluding hydrogens is 496 g/mol. The van der Waals surface area contributed by atoms with Crippen molar-refractivity contribution in [2.45, 2.75) is 19.8 Å². The number of nitrogens with zero attached hydrogens (tertiary/aromatic N) is 1. The van der Waals surface area contributed by atoms with Gasteiger partial charge in [0.25, 0.3) is 11.8 Å². The minimum atomic E-state index is -0.607. The summed E-state index contributed by atoms with van der Waals surface area (Å²) in [6.07, 6.45) is 1.85. The predicted octanol–water partition coefficient (Wildman–Crippen LogP) is 5.67. The number of thiophene rings is 2. The molecule has 0 saturated carbocycles. The van der Waals surface area contributed by atoms with Crippen molar-refractivity contribution < 1.29 is 9.59 Å².